The van der Waals surface area contributed by atoms with Gasteiger partial charge in [-0.3, -0.25) is 14.4 Å². The van der Waals surface area contributed by atoms with Gasteiger partial charge in [0.15, 0.2) is 6.61 Å². The van der Waals surface area contributed by atoms with Gasteiger partial charge in [-0.2, -0.15) is 0 Å². The minimum Gasteiger partial charge on any atom is -0.455 e. The maximum absolute atomic E-state index is 12.3. The van der Waals surface area contributed by atoms with Gasteiger partial charge < -0.3 is 15.0 Å². The SMILES string of the molecule is CC(C)CNC(=O)COC(=O)[C@H]1CC(=O)N([C@@H](C)c2ccccc2)C1. The summed E-state index contributed by atoms with van der Waals surface area (Å²) in [6.07, 6.45) is 0.129. The van der Waals surface area contributed by atoms with Gasteiger partial charge >= 0.3 is 5.97 Å². The molecule has 1 aliphatic heterocycles. The summed E-state index contributed by atoms with van der Waals surface area (Å²) in [6.45, 7) is 6.48. The number of nitrogens with one attached hydrogen (secondary N) is 1. The van der Waals surface area contributed by atoms with Gasteiger partial charge in [-0.15, -0.1) is 0 Å². The Hall–Kier alpha value is -2.37. The summed E-state index contributed by atoms with van der Waals surface area (Å²) in [5.41, 5.74) is 1.03. The quantitative estimate of drug-likeness (QED) is 0.765. The number of carbonyl (C=O) groups is 3. The van der Waals surface area contributed by atoms with E-state index in [0.29, 0.717) is 19.0 Å². The van der Waals surface area contributed by atoms with Crippen molar-refractivity contribution in [3.8, 4) is 0 Å². The zero-order valence-electron chi connectivity index (χ0n) is 15.0. The van der Waals surface area contributed by atoms with Gasteiger partial charge in [0.05, 0.1) is 12.0 Å². The van der Waals surface area contributed by atoms with Crippen molar-refractivity contribution in [2.45, 2.75) is 33.2 Å². The molecule has 1 aliphatic rings. The van der Waals surface area contributed by atoms with Gasteiger partial charge in [0.1, 0.15) is 0 Å². The number of benzene rings is 1. The van der Waals surface area contributed by atoms with E-state index < -0.39 is 11.9 Å². The molecule has 0 unspecified atom stereocenters. The molecule has 25 heavy (non-hydrogen) atoms. The molecular weight excluding hydrogens is 320 g/mol. The summed E-state index contributed by atoms with van der Waals surface area (Å²) in [6, 6.07) is 9.60. The zero-order valence-corrected chi connectivity index (χ0v) is 15.0. The number of hydrogen-bond donors (Lipinski definition) is 1. The molecule has 1 saturated heterocycles. The Balaban J connectivity index is 1.85. The number of rotatable bonds is 7. The van der Waals surface area contributed by atoms with E-state index in [4.69, 9.17) is 4.74 Å². The Labute approximate surface area is 148 Å². The van der Waals surface area contributed by atoms with Gasteiger partial charge in [0, 0.05) is 19.5 Å². The van der Waals surface area contributed by atoms with Gasteiger partial charge in [0.2, 0.25) is 5.91 Å². The Morgan fingerprint density at radius 2 is 1.92 bits per heavy atom. The van der Waals surface area contributed by atoms with Crippen LogP contribution in [0.3, 0.4) is 0 Å². The standard InChI is InChI=1S/C19H26N2O4/c1-13(2)10-20-17(22)12-25-19(24)16-9-18(23)21(11-16)14(3)15-7-5-4-6-8-15/h4-8,13-14,16H,9-12H2,1-3H3,(H,20,22)/t14-,16-/m0/s1. The summed E-state index contributed by atoms with van der Waals surface area (Å²) in [5.74, 6) is -1.06. The highest BCUT2D eigenvalue weighted by molar-refractivity contribution is 5.88. The van der Waals surface area contributed by atoms with E-state index >= 15 is 0 Å². The molecule has 0 radical (unpaired) electrons. The Bertz CT molecular complexity index is 615. The van der Waals surface area contributed by atoms with Crippen LogP contribution in [-0.4, -0.2) is 42.4 Å². The summed E-state index contributed by atoms with van der Waals surface area (Å²) in [5, 5.41) is 2.69. The van der Waals surface area contributed by atoms with Crippen LogP contribution >= 0.6 is 0 Å². The van der Waals surface area contributed by atoms with Crippen LogP contribution in [0.2, 0.25) is 0 Å². The highest BCUT2D eigenvalue weighted by Gasteiger charge is 2.38. The predicted molar refractivity (Wildman–Crippen MR) is 93.5 cm³/mol. The van der Waals surface area contributed by atoms with Crippen LogP contribution < -0.4 is 5.32 Å². The Morgan fingerprint density at radius 3 is 2.56 bits per heavy atom. The fraction of sp³-hybridized carbons (Fsp3) is 0.526. The summed E-state index contributed by atoms with van der Waals surface area (Å²) >= 11 is 0. The van der Waals surface area contributed by atoms with E-state index in [-0.39, 0.29) is 30.9 Å². The van der Waals surface area contributed by atoms with Crippen molar-refractivity contribution in [2.75, 3.05) is 19.7 Å². The lowest BCUT2D eigenvalue weighted by molar-refractivity contribution is -0.152. The minimum absolute atomic E-state index is 0.0671. The third kappa shape index (κ3) is 5.31. The fourth-order valence-corrected chi connectivity index (χ4v) is 2.80. The van der Waals surface area contributed by atoms with E-state index in [0.717, 1.165) is 5.56 Å². The number of carbonyl (C=O) groups excluding carboxylic acids is 3. The topological polar surface area (TPSA) is 75.7 Å². The first-order valence-electron chi connectivity index (χ1n) is 8.66. The summed E-state index contributed by atoms with van der Waals surface area (Å²) < 4.78 is 5.07. The number of hydrogen-bond acceptors (Lipinski definition) is 4. The second kappa shape index (κ2) is 8.65. The molecule has 1 aromatic carbocycles. The number of amides is 2. The zero-order chi connectivity index (χ0) is 18.4. The van der Waals surface area contributed by atoms with Crippen LogP contribution in [0.25, 0.3) is 0 Å². The van der Waals surface area contributed by atoms with Crippen LogP contribution in [0.15, 0.2) is 30.3 Å². The van der Waals surface area contributed by atoms with Crippen LogP contribution in [0.4, 0.5) is 0 Å². The van der Waals surface area contributed by atoms with Crippen molar-refractivity contribution < 1.29 is 19.1 Å². The molecule has 2 rings (SSSR count). The smallest absolute Gasteiger partial charge is 0.311 e. The van der Waals surface area contributed by atoms with Crippen molar-refractivity contribution in [3.05, 3.63) is 35.9 Å². The first kappa shape index (κ1) is 19.0. The largest absolute Gasteiger partial charge is 0.455 e. The maximum atomic E-state index is 12.3. The second-order valence-electron chi connectivity index (χ2n) is 6.84. The third-order valence-electron chi connectivity index (χ3n) is 4.29. The molecular formula is C19H26N2O4. The summed E-state index contributed by atoms with van der Waals surface area (Å²) in [7, 11) is 0. The van der Waals surface area contributed by atoms with Crippen molar-refractivity contribution >= 4 is 17.8 Å². The van der Waals surface area contributed by atoms with E-state index in [2.05, 4.69) is 5.32 Å². The van der Waals surface area contributed by atoms with Gasteiger partial charge in [-0.1, -0.05) is 44.2 Å². The lowest BCUT2D eigenvalue weighted by atomic mass is 10.1. The van der Waals surface area contributed by atoms with Gasteiger partial charge in [-0.05, 0) is 18.4 Å². The van der Waals surface area contributed by atoms with Crippen molar-refractivity contribution in [3.63, 3.8) is 0 Å². The van der Waals surface area contributed by atoms with Gasteiger partial charge in [0.25, 0.3) is 5.91 Å². The first-order chi connectivity index (χ1) is 11.9. The molecule has 0 spiro atoms. The molecule has 2 atom stereocenters. The molecule has 136 valence electrons. The van der Waals surface area contributed by atoms with Gasteiger partial charge in [-0.25, -0.2) is 0 Å². The molecule has 0 aliphatic carbocycles. The van der Waals surface area contributed by atoms with E-state index in [1.165, 1.54) is 0 Å². The molecule has 1 N–H and O–H groups in total. The molecule has 6 heteroatoms. The van der Waals surface area contributed by atoms with Crippen LogP contribution in [0.5, 0.6) is 0 Å². The lowest BCUT2D eigenvalue weighted by Crippen LogP contribution is -2.33. The second-order valence-corrected chi connectivity index (χ2v) is 6.84. The third-order valence-corrected chi connectivity index (χ3v) is 4.29. The average Bonchev–Trinajstić information content (AvgIpc) is 2.99. The van der Waals surface area contributed by atoms with E-state index in [1.807, 2.05) is 51.1 Å². The molecule has 0 bridgehead atoms. The molecule has 0 aromatic heterocycles. The monoisotopic (exact) mass is 346 g/mol. The predicted octanol–water partition coefficient (Wildman–Crippen LogP) is 1.91. The van der Waals surface area contributed by atoms with Crippen LogP contribution in [-0.2, 0) is 19.1 Å². The number of esters is 1. The molecule has 1 fully saturated rings. The molecule has 2 amide bonds. The highest BCUT2D eigenvalue weighted by atomic mass is 16.5. The number of ether oxygens (including phenoxy) is 1. The maximum Gasteiger partial charge on any atom is 0.311 e. The van der Waals surface area contributed by atoms with Crippen LogP contribution in [0.1, 0.15) is 38.8 Å². The number of likely N-dealkylation sites (tertiary alicyclic amines) is 1. The molecule has 1 heterocycles. The van der Waals surface area contributed by atoms with Crippen molar-refractivity contribution in [2.24, 2.45) is 11.8 Å². The van der Waals surface area contributed by atoms with E-state index in [9.17, 15) is 14.4 Å². The average molecular weight is 346 g/mol. The molecule has 0 saturated carbocycles. The van der Waals surface area contributed by atoms with Crippen molar-refractivity contribution in [1.82, 2.24) is 10.2 Å². The lowest BCUT2D eigenvalue weighted by Gasteiger charge is -2.25. The summed E-state index contributed by atoms with van der Waals surface area (Å²) in [4.78, 5) is 37.7. The van der Waals surface area contributed by atoms with Crippen molar-refractivity contribution in [1.29, 1.82) is 0 Å². The highest BCUT2D eigenvalue weighted by Crippen LogP contribution is 2.28. The molecule has 6 nitrogen and oxygen atoms in total. The Kier molecular flexibility index (Phi) is 6.56. The van der Waals surface area contributed by atoms with E-state index in [1.54, 1.807) is 4.90 Å². The molecule has 1 aromatic rings. The fourth-order valence-electron chi connectivity index (χ4n) is 2.80. The Morgan fingerprint density at radius 1 is 1.24 bits per heavy atom. The van der Waals surface area contributed by atoms with Crippen LogP contribution in [0, 0.1) is 11.8 Å². The minimum atomic E-state index is -0.517. The number of nitrogens with zero attached hydrogens (tertiary/aromatic N) is 1. The first-order valence-corrected chi connectivity index (χ1v) is 8.66. The normalized spacial score (nSPS) is 18.3.